The lowest BCUT2D eigenvalue weighted by molar-refractivity contribution is 0.0727. The molecule has 1 aromatic heterocycles. The van der Waals surface area contributed by atoms with Crippen molar-refractivity contribution >= 4 is 23.3 Å². The normalized spacial score (nSPS) is 16.2. The summed E-state index contributed by atoms with van der Waals surface area (Å²) in [7, 11) is 3.60. The Kier molecular flexibility index (Phi) is 3.76. The molecule has 1 fully saturated rings. The number of rotatable bonds is 4. The molecule has 0 aliphatic heterocycles. The number of carbonyl (C=O) groups excluding carboxylic acids is 1. The van der Waals surface area contributed by atoms with Crippen LogP contribution >= 0.6 is 11.6 Å². The number of aromatic nitrogens is 1. The van der Waals surface area contributed by atoms with Crippen LogP contribution in [0.5, 0.6) is 0 Å². The zero-order chi connectivity index (χ0) is 13.3. The first-order valence-corrected chi connectivity index (χ1v) is 6.53. The van der Waals surface area contributed by atoms with E-state index in [1.165, 1.54) is 12.8 Å². The first-order chi connectivity index (χ1) is 8.52. The van der Waals surface area contributed by atoms with E-state index < -0.39 is 0 Å². The summed E-state index contributed by atoms with van der Waals surface area (Å²) in [5.74, 6) is 1.26. The van der Waals surface area contributed by atoms with E-state index in [0.29, 0.717) is 22.5 Å². The molecule has 1 aliphatic carbocycles. The smallest absolute Gasteiger partial charge is 0.254 e. The molecule has 2 rings (SSSR count). The first-order valence-electron chi connectivity index (χ1n) is 6.15. The zero-order valence-electron chi connectivity index (χ0n) is 10.9. The van der Waals surface area contributed by atoms with Crippen LogP contribution in [0, 0.1) is 5.92 Å². The van der Waals surface area contributed by atoms with Crippen molar-refractivity contribution < 1.29 is 4.79 Å². The molecule has 1 aliphatic rings. The Morgan fingerprint density at radius 1 is 1.56 bits per heavy atom. The summed E-state index contributed by atoms with van der Waals surface area (Å²) in [4.78, 5) is 18.2. The van der Waals surface area contributed by atoms with Gasteiger partial charge in [0, 0.05) is 25.7 Å². The van der Waals surface area contributed by atoms with Crippen molar-refractivity contribution in [2.24, 2.45) is 5.92 Å². The van der Waals surface area contributed by atoms with Crippen LogP contribution < -0.4 is 5.32 Å². The van der Waals surface area contributed by atoms with E-state index in [-0.39, 0.29) is 11.9 Å². The predicted molar refractivity (Wildman–Crippen MR) is 73.1 cm³/mol. The molecule has 5 heteroatoms. The minimum Gasteiger partial charge on any atom is -0.373 e. The number of carbonyl (C=O) groups is 1. The molecular formula is C13H18ClN3O. The molecule has 1 atom stereocenters. The number of pyridine rings is 1. The second kappa shape index (κ2) is 5.14. The summed E-state index contributed by atoms with van der Waals surface area (Å²) in [5.41, 5.74) is 0.578. The van der Waals surface area contributed by atoms with Crippen LogP contribution in [0.2, 0.25) is 5.15 Å². The van der Waals surface area contributed by atoms with Crippen LogP contribution in [0.4, 0.5) is 5.82 Å². The molecule has 0 aromatic carbocycles. The van der Waals surface area contributed by atoms with E-state index in [1.807, 2.05) is 7.05 Å². The van der Waals surface area contributed by atoms with E-state index in [1.54, 1.807) is 24.1 Å². The van der Waals surface area contributed by atoms with E-state index in [4.69, 9.17) is 11.6 Å². The Labute approximate surface area is 112 Å². The van der Waals surface area contributed by atoms with Gasteiger partial charge in [-0.15, -0.1) is 0 Å². The minimum absolute atomic E-state index is 0.00444. The fourth-order valence-corrected chi connectivity index (χ4v) is 2.24. The van der Waals surface area contributed by atoms with E-state index in [2.05, 4.69) is 17.2 Å². The quantitative estimate of drug-likeness (QED) is 0.853. The first kappa shape index (κ1) is 13.1. The van der Waals surface area contributed by atoms with Crippen molar-refractivity contribution in [2.75, 3.05) is 19.4 Å². The number of hydrogen-bond donors (Lipinski definition) is 1. The standard InChI is InChI=1S/C13H18ClN3O/c1-8(9-4-5-9)17(3)13(18)10-6-11(14)16-12(7-10)15-2/h6-9H,4-5H2,1-3H3,(H,15,16). The fraction of sp³-hybridized carbons (Fsp3) is 0.538. The van der Waals surface area contributed by atoms with Crippen LogP contribution in [0.3, 0.4) is 0 Å². The van der Waals surface area contributed by atoms with Gasteiger partial charge in [0.05, 0.1) is 0 Å². The summed E-state index contributed by atoms with van der Waals surface area (Å²) in [5, 5.41) is 3.23. The zero-order valence-corrected chi connectivity index (χ0v) is 11.7. The number of hydrogen-bond acceptors (Lipinski definition) is 3. The van der Waals surface area contributed by atoms with Gasteiger partial charge in [-0.1, -0.05) is 11.6 Å². The molecule has 1 heterocycles. The van der Waals surface area contributed by atoms with Crippen molar-refractivity contribution in [1.29, 1.82) is 0 Å². The molecule has 1 N–H and O–H groups in total. The van der Waals surface area contributed by atoms with E-state index in [9.17, 15) is 4.79 Å². The molecule has 1 aromatic rings. The molecule has 98 valence electrons. The van der Waals surface area contributed by atoms with Crippen molar-refractivity contribution in [3.05, 3.63) is 22.8 Å². The second-order valence-electron chi connectivity index (χ2n) is 4.81. The molecule has 0 radical (unpaired) electrons. The maximum atomic E-state index is 12.4. The summed E-state index contributed by atoms with van der Waals surface area (Å²) in [6.07, 6.45) is 2.44. The average Bonchev–Trinajstić information content (AvgIpc) is 3.19. The molecule has 1 saturated carbocycles. The predicted octanol–water partition coefficient (Wildman–Crippen LogP) is 2.65. The van der Waals surface area contributed by atoms with Crippen molar-refractivity contribution in [2.45, 2.75) is 25.8 Å². The highest BCUT2D eigenvalue weighted by Crippen LogP contribution is 2.35. The van der Waals surface area contributed by atoms with Gasteiger partial charge in [-0.2, -0.15) is 0 Å². The van der Waals surface area contributed by atoms with Gasteiger partial charge < -0.3 is 10.2 Å². The molecular weight excluding hydrogens is 250 g/mol. The number of amides is 1. The lowest BCUT2D eigenvalue weighted by Crippen LogP contribution is -2.36. The van der Waals surface area contributed by atoms with Gasteiger partial charge in [0.1, 0.15) is 11.0 Å². The SMILES string of the molecule is CNc1cc(C(=O)N(C)C(C)C2CC2)cc(Cl)n1. The van der Waals surface area contributed by atoms with Crippen LogP contribution in [-0.4, -0.2) is 35.9 Å². The van der Waals surface area contributed by atoms with Gasteiger partial charge in [0.25, 0.3) is 5.91 Å². The minimum atomic E-state index is -0.00444. The Hall–Kier alpha value is -1.29. The Morgan fingerprint density at radius 3 is 2.78 bits per heavy atom. The van der Waals surface area contributed by atoms with Crippen molar-refractivity contribution in [3.63, 3.8) is 0 Å². The van der Waals surface area contributed by atoms with Gasteiger partial charge in [-0.3, -0.25) is 4.79 Å². The maximum Gasteiger partial charge on any atom is 0.254 e. The average molecular weight is 268 g/mol. The third kappa shape index (κ3) is 2.75. The molecule has 18 heavy (non-hydrogen) atoms. The lowest BCUT2D eigenvalue weighted by atomic mass is 10.1. The van der Waals surface area contributed by atoms with Gasteiger partial charge >= 0.3 is 0 Å². The number of anilines is 1. The topological polar surface area (TPSA) is 45.2 Å². The molecule has 0 spiro atoms. The van der Waals surface area contributed by atoms with Crippen LogP contribution in [0.25, 0.3) is 0 Å². The lowest BCUT2D eigenvalue weighted by Gasteiger charge is -2.25. The number of nitrogens with one attached hydrogen (secondary N) is 1. The van der Waals surface area contributed by atoms with Crippen LogP contribution in [0.1, 0.15) is 30.1 Å². The summed E-state index contributed by atoms with van der Waals surface area (Å²) in [6, 6.07) is 3.62. The van der Waals surface area contributed by atoms with Crippen molar-refractivity contribution in [3.8, 4) is 0 Å². The largest absolute Gasteiger partial charge is 0.373 e. The monoisotopic (exact) mass is 267 g/mol. The maximum absolute atomic E-state index is 12.4. The van der Waals surface area contributed by atoms with Crippen LogP contribution in [0.15, 0.2) is 12.1 Å². The Balaban J connectivity index is 2.19. The van der Waals surface area contributed by atoms with E-state index >= 15 is 0 Å². The number of nitrogens with zero attached hydrogens (tertiary/aromatic N) is 2. The Bertz CT molecular complexity index is 460. The molecule has 1 amide bonds. The highest BCUT2D eigenvalue weighted by Gasteiger charge is 2.32. The van der Waals surface area contributed by atoms with Gasteiger partial charge in [-0.25, -0.2) is 4.98 Å². The van der Waals surface area contributed by atoms with Crippen LogP contribution in [-0.2, 0) is 0 Å². The van der Waals surface area contributed by atoms with E-state index in [0.717, 1.165) is 0 Å². The molecule has 0 bridgehead atoms. The van der Waals surface area contributed by atoms with Gasteiger partial charge in [0.2, 0.25) is 0 Å². The Morgan fingerprint density at radius 2 is 2.22 bits per heavy atom. The van der Waals surface area contributed by atoms with Gasteiger partial charge in [-0.05, 0) is 37.8 Å². The highest BCUT2D eigenvalue weighted by molar-refractivity contribution is 6.29. The third-order valence-corrected chi connectivity index (χ3v) is 3.73. The fourth-order valence-electron chi connectivity index (χ4n) is 2.03. The highest BCUT2D eigenvalue weighted by atomic mass is 35.5. The summed E-state index contributed by atoms with van der Waals surface area (Å²) >= 11 is 5.91. The van der Waals surface area contributed by atoms with Gasteiger partial charge in [0.15, 0.2) is 0 Å². The third-order valence-electron chi connectivity index (χ3n) is 3.53. The molecule has 0 saturated heterocycles. The summed E-state index contributed by atoms with van der Waals surface area (Å²) < 4.78 is 0. The molecule has 1 unspecified atom stereocenters. The molecule has 4 nitrogen and oxygen atoms in total. The van der Waals surface area contributed by atoms with Crippen molar-refractivity contribution in [1.82, 2.24) is 9.88 Å². The number of halogens is 1. The summed E-state index contributed by atoms with van der Waals surface area (Å²) in [6.45, 7) is 2.09. The second-order valence-corrected chi connectivity index (χ2v) is 5.20.